The number of hydrogen-bond acceptors (Lipinski definition) is 11. The zero-order valence-corrected chi connectivity index (χ0v) is 30.1. The number of ether oxygens (including phenoxy) is 9. The van der Waals surface area contributed by atoms with Gasteiger partial charge in [0.05, 0.1) is 64.7 Å². The molecule has 0 aromatic heterocycles. The van der Waals surface area contributed by atoms with E-state index >= 15 is 0 Å². The van der Waals surface area contributed by atoms with E-state index in [1.54, 1.807) is 24.3 Å². The summed E-state index contributed by atoms with van der Waals surface area (Å²) < 4.78 is 49.7. The molecule has 6 rings (SSSR count). The highest BCUT2D eigenvalue weighted by atomic mass is 16.6. The van der Waals surface area contributed by atoms with Crippen molar-refractivity contribution in [2.24, 2.45) is 0 Å². The van der Waals surface area contributed by atoms with Gasteiger partial charge in [0.1, 0.15) is 48.4 Å². The average molecular weight is 727 g/mol. The van der Waals surface area contributed by atoms with Crippen LogP contribution in [0.15, 0.2) is 97.1 Å². The second-order valence-electron chi connectivity index (χ2n) is 13.0. The Morgan fingerprint density at radius 1 is 0.547 bits per heavy atom. The average Bonchev–Trinajstić information content (AvgIpc) is 4.12. The standard InChI is InChI=1S/C42H46O11/c1-29(46-25-39-27-50-39)23-48-35-11-3-31(4-12-35)33-7-15-37(16-8-33)52-41(43)19-21-45-22-20-42(44)53-38-17-9-34(10-18-38)32-5-13-36(14-6-32)49-24-30(2)47-26-40-28-51-40/h3-18,29-30,39-40H,19-28H2,1-2H3. The molecule has 2 fully saturated rings. The molecule has 2 aliphatic rings. The van der Waals surface area contributed by atoms with Crippen molar-refractivity contribution in [1.82, 2.24) is 0 Å². The van der Waals surface area contributed by atoms with Crippen LogP contribution in [0, 0.1) is 0 Å². The first-order chi connectivity index (χ1) is 25.9. The van der Waals surface area contributed by atoms with Crippen molar-refractivity contribution >= 4 is 11.9 Å². The molecular formula is C42H46O11. The quantitative estimate of drug-likeness (QED) is 0.0372. The first-order valence-corrected chi connectivity index (χ1v) is 18.0. The Labute approximate surface area is 310 Å². The van der Waals surface area contributed by atoms with Crippen molar-refractivity contribution in [2.75, 3.05) is 52.9 Å². The number of hydrogen-bond donors (Lipinski definition) is 0. The second kappa shape index (κ2) is 19.3. The van der Waals surface area contributed by atoms with Crippen molar-refractivity contribution in [2.45, 2.75) is 51.1 Å². The molecule has 2 aliphatic heterocycles. The third-order valence-corrected chi connectivity index (χ3v) is 8.36. The summed E-state index contributed by atoms with van der Waals surface area (Å²) in [4.78, 5) is 24.7. The Bertz CT molecular complexity index is 1590. The fourth-order valence-electron chi connectivity index (χ4n) is 5.09. The smallest absolute Gasteiger partial charge is 0.313 e. The summed E-state index contributed by atoms with van der Waals surface area (Å²) in [5.74, 6) is 1.56. The van der Waals surface area contributed by atoms with Gasteiger partial charge in [-0.2, -0.15) is 0 Å². The van der Waals surface area contributed by atoms with Gasteiger partial charge in [-0.05, 0) is 84.6 Å². The van der Waals surface area contributed by atoms with E-state index < -0.39 is 11.9 Å². The summed E-state index contributed by atoms with van der Waals surface area (Å²) >= 11 is 0. The van der Waals surface area contributed by atoms with Crippen LogP contribution in [0.25, 0.3) is 22.3 Å². The van der Waals surface area contributed by atoms with E-state index in [-0.39, 0.29) is 50.5 Å². The fraction of sp³-hybridized carbons (Fsp3) is 0.381. The zero-order chi connectivity index (χ0) is 36.8. The van der Waals surface area contributed by atoms with Crippen LogP contribution in [-0.2, 0) is 33.3 Å². The predicted molar refractivity (Wildman–Crippen MR) is 196 cm³/mol. The van der Waals surface area contributed by atoms with Crippen LogP contribution in [0.3, 0.4) is 0 Å². The lowest BCUT2D eigenvalue weighted by atomic mass is 10.1. The molecule has 11 nitrogen and oxygen atoms in total. The third-order valence-electron chi connectivity index (χ3n) is 8.36. The maximum Gasteiger partial charge on any atom is 0.313 e. The van der Waals surface area contributed by atoms with Gasteiger partial charge in [0.2, 0.25) is 0 Å². The van der Waals surface area contributed by atoms with Gasteiger partial charge in [-0.25, -0.2) is 0 Å². The van der Waals surface area contributed by atoms with Gasteiger partial charge in [-0.15, -0.1) is 0 Å². The Morgan fingerprint density at radius 2 is 0.868 bits per heavy atom. The van der Waals surface area contributed by atoms with Crippen LogP contribution in [0.2, 0.25) is 0 Å². The highest BCUT2D eigenvalue weighted by Gasteiger charge is 2.24. The summed E-state index contributed by atoms with van der Waals surface area (Å²) in [6, 6.07) is 30.2. The minimum absolute atomic E-state index is 0.0216. The number of epoxide rings is 2. The molecule has 0 amide bonds. The molecular weight excluding hydrogens is 680 g/mol. The van der Waals surface area contributed by atoms with E-state index in [0.29, 0.717) is 37.9 Å². The molecule has 0 radical (unpaired) electrons. The minimum atomic E-state index is -0.425. The topological polar surface area (TPSA) is 124 Å². The first-order valence-electron chi connectivity index (χ1n) is 18.0. The van der Waals surface area contributed by atoms with Crippen molar-refractivity contribution in [3.63, 3.8) is 0 Å². The molecule has 4 aromatic rings. The summed E-state index contributed by atoms with van der Waals surface area (Å²) in [5.41, 5.74) is 3.98. The van der Waals surface area contributed by atoms with Crippen molar-refractivity contribution in [3.8, 4) is 45.3 Å². The van der Waals surface area contributed by atoms with E-state index in [1.807, 2.05) is 86.6 Å². The van der Waals surface area contributed by atoms with Crippen LogP contribution in [-0.4, -0.2) is 89.2 Å². The number of rotatable bonds is 22. The maximum absolute atomic E-state index is 12.3. The molecule has 0 aliphatic carbocycles. The maximum atomic E-state index is 12.3. The van der Waals surface area contributed by atoms with Crippen LogP contribution in [0.5, 0.6) is 23.0 Å². The van der Waals surface area contributed by atoms with Gasteiger partial charge in [0.25, 0.3) is 0 Å². The van der Waals surface area contributed by atoms with E-state index in [9.17, 15) is 9.59 Å². The van der Waals surface area contributed by atoms with Crippen LogP contribution in [0.1, 0.15) is 26.7 Å². The largest absolute Gasteiger partial charge is 0.491 e. The van der Waals surface area contributed by atoms with Crippen LogP contribution in [0.4, 0.5) is 0 Å². The molecule has 53 heavy (non-hydrogen) atoms. The molecule has 0 bridgehead atoms. The molecule has 4 unspecified atom stereocenters. The van der Waals surface area contributed by atoms with E-state index in [0.717, 1.165) is 47.0 Å². The number of carbonyl (C=O) groups excluding carboxylic acids is 2. The minimum Gasteiger partial charge on any atom is -0.491 e. The van der Waals surface area contributed by atoms with E-state index in [2.05, 4.69) is 0 Å². The Balaban J connectivity index is 0.823. The SMILES string of the molecule is CC(COc1ccc(-c2ccc(OC(=O)CCOCCC(=O)Oc3ccc(-c4ccc(OCC(C)OCC5CO5)cc4)cc3)cc2)cc1)OCC1CO1. The van der Waals surface area contributed by atoms with Gasteiger partial charge < -0.3 is 42.6 Å². The lowest BCUT2D eigenvalue weighted by Gasteiger charge is -2.14. The van der Waals surface area contributed by atoms with E-state index in [4.69, 9.17) is 42.6 Å². The lowest BCUT2D eigenvalue weighted by molar-refractivity contribution is -0.136. The summed E-state index contributed by atoms with van der Waals surface area (Å²) in [6.07, 6.45) is 0.529. The Morgan fingerprint density at radius 3 is 1.19 bits per heavy atom. The van der Waals surface area contributed by atoms with Crippen molar-refractivity contribution in [3.05, 3.63) is 97.1 Å². The Kier molecular flexibility index (Phi) is 13.9. The number of esters is 2. The van der Waals surface area contributed by atoms with Crippen molar-refractivity contribution < 1.29 is 52.2 Å². The monoisotopic (exact) mass is 726 g/mol. The van der Waals surface area contributed by atoms with Gasteiger partial charge in [0, 0.05) is 0 Å². The molecule has 2 heterocycles. The normalized spacial score (nSPS) is 17.0. The summed E-state index contributed by atoms with van der Waals surface area (Å²) in [5, 5.41) is 0. The molecule has 2 saturated heterocycles. The van der Waals surface area contributed by atoms with Crippen molar-refractivity contribution in [1.29, 1.82) is 0 Å². The number of carbonyl (C=O) groups is 2. The molecule has 0 N–H and O–H groups in total. The van der Waals surface area contributed by atoms with Crippen LogP contribution >= 0.6 is 0 Å². The lowest BCUT2D eigenvalue weighted by Crippen LogP contribution is -2.20. The molecule has 0 saturated carbocycles. The Hall–Kier alpha value is -4.78. The fourth-order valence-corrected chi connectivity index (χ4v) is 5.09. The summed E-state index contributed by atoms with van der Waals surface area (Å²) in [7, 11) is 0. The van der Waals surface area contributed by atoms with Crippen LogP contribution < -0.4 is 18.9 Å². The predicted octanol–water partition coefficient (Wildman–Crippen LogP) is 6.69. The second-order valence-corrected chi connectivity index (χ2v) is 13.0. The zero-order valence-electron chi connectivity index (χ0n) is 30.1. The van der Waals surface area contributed by atoms with E-state index in [1.165, 1.54) is 0 Å². The highest BCUT2D eigenvalue weighted by molar-refractivity contribution is 5.74. The number of benzene rings is 4. The van der Waals surface area contributed by atoms with Gasteiger partial charge >= 0.3 is 11.9 Å². The first kappa shape index (κ1) is 38.0. The molecule has 280 valence electrons. The van der Waals surface area contributed by atoms with Gasteiger partial charge in [-0.3, -0.25) is 9.59 Å². The molecule has 4 aromatic carbocycles. The highest BCUT2D eigenvalue weighted by Crippen LogP contribution is 2.27. The third kappa shape index (κ3) is 13.3. The molecule has 0 spiro atoms. The summed E-state index contributed by atoms with van der Waals surface area (Å²) in [6.45, 7) is 7.87. The molecule has 11 heteroatoms. The van der Waals surface area contributed by atoms with Gasteiger partial charge in [0.15, 0.2) is 0 Å². The molecule has 4 atom stereocenters. The van der Waals surface area contributed by atoms with Gasteiger partial charge in [-0.1, -0.05) is 48.5 Å².